The molecule has 1 aromatic rings. The van der Waals surface area contributed by atoms with Gasteiger partial charge in [0.25, 0.3) is 0 Å². The molecule has 1 amide bonds. The summed E-state index contributed by atoms with van der Waals surface area (Å²) in [4.78, 5) is 12.2. The lowest BCUT2D eigenvalue weighted by atomic mass is 9.80. The van der Waals surface area contributed by atoms with Crippen LogP contribution in [0.1, 0.15) is 37.7 Å². The Bertz CT molecular complexity index is 457. The molecule has 0 radical (unpaired) electrons. The van der Waals surface area contributed by atoms with Gasteiger partial charge >= 0.3 is 0 Å². The molecule has 2 rings (SSSR count). The van der Waals surface area contributed by atoms with Crippen molar-refractivity contribution >= 4 is 17.7 Å². The van der Waals surface area contributed by atoms with Gasteiger partial charge in [-0.3, -0.25) is 4.79 Å². The van der Waals surface area contributed by atoms with E-state index in [0.29, 0.717) is 0 Å². The van der Waals surface area contributed by atoms with Crippen LogP contribution in [0.25, 0.3) is 0 Å². The summed E-state index contributed by atoms with van der Waals surface area (Å²) in [5.74, 6) is 0.942. The van der Waals surface area contributed by atoms with Crippen molar-refractivity contribution in [1.82, 2.24) is 5.32 Å². The Morgan fingerprint density at radius 1 is 1.32 bits per heavy atom. The van der Waals surface area contributed by atoms with Gasteiger partial charge in [0.05, 0.1) is 6.04 Å². The predicted octanol–water partition coefficient (Wildman–Crippen LogP) is 2.99. The number of thioether (sulfide) groups is 1. The number of hydrogen-bond donors (Lipinski definition) is 2. The van der Waals surface area contributed by atoms with E-state index in [0.717, 1.165) is 25.1 Å². The number of nitrogens with two attached hydrogens (primary N) is 1. The fraction of sp³-hybridized carbons (Fsp3) is 0.611. The summed E-state index contributed by atoms with van der Waals surface area (Å²) in [5, 5.41) is 3.12. The first-order valence-corrected chi connectivity index (χ1v) is 9.61. The quantitative estimate of drug-likeness (QED) is 0.774. The summed E-state index contributed by atoms with van der Waals surface area (Å²) in [7, 11) is 0. The largest absolute Gasteiger partial charge is 0.354 e. The molecule has 0 aromatic heterocycles. The summed E-state index contributed by atoms with van der Waals surface area (Å²) in [6.45, 7) is 0.758. The van der Waals surface area contributed by atoms with Crippen LogP contribution >= 0.6 is 11.8 Å². The summed E-state index contributed by atoms with van der Waals surface area (Å²) in [6, 6.07) is 10.2. The zero-order valence-corrected chi connectivity index (χ0v) is 14.3. The summed E-state index contributed by atoms with van der Waals surface area (Å²) < 4.78 is 0. The van der Waals surface area contributed by atoms with Crippen molar-refractivity contribution in [3.63, 3.8) is 0 Å². The highest BCUT2D eigenvalue weighted by atomic mass is 32.2. The molecule has 3 nitrogen and oxygen atoms in total. The molecule has 1 atom stereocenters. The highest BCUT2D eigenvalue weighted by Gasteiger charge is 2.34. The second-order valence-electron chi connectivity index (χ2n) is 6.48. The summed E-state index contributed by atoms with van der Waals surface area (Å²) in [5.41, 5.74) is 7.54. The molecule has 0 bridgehead atoms. The number of amides is 1. The number of hydrogen-bond acceptors (Lipinski definition) is 3. The van der Waals surface area contributed by atoms with Crippen LogP contribution in [-0.4, -0.2) is 30.5 Å². The molecule has 0 heterocycles. The Morgan fingerprint density at radius 3 is 2.64 bits per heavy atom. The topological polar surface area (TPSA) is 55.1 Å². The first-order chi connectivity index (χ1) is 10.7. The van der Waals surface area contributed by atoms with Crippen molar-refractivity contribution < 1.29 is 4.79 Å². The van der Waals surface area contributed by atoms with Gasteiger partial charge in [-0.2, -0.15) is 11.8 Å². The number of rotatable bonds is 8. The van der Waals surface area contributed by atoms with Crippen LogP contribution in [0.4, 0.5) is 0 Å². The number of nitrogens with one attached hydrogen (secondary N) is 1. The average Bonchev–Trinajstić information content (AvgIpc) is 3.00. The van der Waals surface area contributed by atoms with Crippen molar-refractivity contribution in [3.05, 3.63) is 35.9 Å². The third kappa shape index (κ3) is 5.03. The molecule has 4 heteroatoms. The van der Waals surface area contributed by atoms with Crippen molar-refractivity contribution in [2.75, 3.05) is 18.6 Å². The molecule has 0 aliphatic heterocycles. The first kappa shape index (κ1) is 17.4. The Labute approximate surface area is 138 Å². The molecule has 1 aromatic carbocycles. The minimum absolute atomic E-state index is 0.00777. The average molecular weight is 321 g/mol. The van der Waals surface area contributed by atoms with Crippen molar-refractivity contribution in [2.24, 2.45) is 11.1 Å². The molecule has 122 valence electrons. The Balaban J connectivity index is 1.90. The molecule has 1 saturated carbocycles. The minimum atomic E-state index is -0.373. The van der Waals surface area contributed by atoms with E-state index in [1.165, 1.54) is 31.2 Å². The van der Waals surface area contributed by atoms with Crippen LogP contribution in [0.15, 0.2) is 30.3 Å². The minimum Gasteiger partial charge on any atom is -0.354 e. The van der Waals surface area contributed by atoms with Gasteiger partial charge in [-0.1, -0.05) is 43.2 Å². The van der Waals surface area contributed by atoms with Gasteiger partial charge < -0.3 is 11.1 Å². The molecule has 22 heavy (non-hydrogen) atoms. The molecular formula is C18H28N2OS. The summed E-state index contributed by atoms with van der Waals surface area (Å²) >= 11 is 1.73. The molecular weight excluding hydrogens is 292 g/mol. The standard InChI is InChI=1S/C18H28N2OS/c1-22-12-9-16(19)17(21)20-14-18(10-5-6-11-18)13-15-7-3-2-4-8-15/h2-4,7-8,16H,5-6,9-14,19H2,1H3,(H,20,21). The van der Waals surface area contributed by atoms with Crippen LogP contribution in [0.5, 0.6) is 0 Å². The van der Waals surface area contributed by atoms with Crippen molar-refractivity contribution in [3.8, 4) is 0 Å². The van der Waals surface area contributed by atoms with Gasteiger partial charge in [-0.05, 0) is 48.7 Å². The van der Waals surface area contributed by atoms with Gasteiger partial charge in [0.15, 0.2) is 0 Å². The molecule has 1 aliphatic carbocycles. The maximum Gasteiger partial charge on any atom is 0.236 e. The lowest BCUT2D eigenvalue weighted by molar-refractivity contribution is -0.122. The lowest BCUT2D eigenvalue weighted by Gasteiger charge is -2.30. The van der Waals surface area contributed by atoms with E-state index in [4.69, 9.17) is 5.73 Å². The van der Waals surface area contributed by atoms with Crippen LogP contribution in [-0.2, 0) is 11.2 Å². The third-order valence-corrected chi connectivity index (χ3v) is 5.34. The predicted molar refractivity (Wildman–Crippen MR) is 95.0 cm³/mol. The monoisotopic (exact) mass is 320 g/mol. The van der Waals surface area contributed by atoms with E-state index in [1.54, 1.807) is 11.8 Å². The fourth-order valence-electron chi connectivity index (χ4n) is 3.35. The van der Waals surface area contributed by atoms with Gasteiger partial charge in [0, 0.05) is 6.54 Å². The van der Waals surface area contributed by atoms with Crippen LogP contribution in [0, 0.1) is 5.41 Å². The molecule has 1 unspecified atom stereocenters. The fourth-order valence-corrected chi connectivity index (χ4v) is 3.84. The van der Waals surface area contributed by atoms with Gasteiger partial charge in [0.2, 0.25) is 5.91 Å². The van der Waals surface area contributed by atoms with E-state index >= 15 is 0 Å². The van der Waals surface area contributed by atoms with E-state index in [9.17, 15) is 4.79 Å². The first-order valence-electron chi connectivity index (χ1n) is 8.21. The van der Waals surface area contributed by atoms with Crippen LogP contribution < -0.4 is 11.1 Å². The van der Waals surface area contributed by atoms with Crippen LogP contribution in [0.3, 0.4) is 0 Å². The molecule has 1 aliphatic rings. The maximum atomic E-state index is 12.2. The van der Waals surface area contributed by atoms with Gasteiger partial charge in [-0.25, -0.2) is 0 Å². The zero-order valence-electron chi connectivity index (χ0n) is 13.5. The van der Waals surface area contributed by atoms with Gasteiger partial charge in [0.1, 0.15) is 0 Å². The van der Waals surface area contributed by atoms with Crippen molar-refractivity contribution in [1.29, 1.82) is 0 Å². The summed E-state index contributed by atoms with van der Waals surface area (Å²) in [6.07, 6.45) is 8.76. The van der Waals surface area contributed by atoms with Crippen molar-refractivity contribution in [2.45, 2.75) is 44.6 Å². The zero-order chi connectivity index (χ0) is 15.8. The SMILES string of the molecule is CSCCC(N)C(=O)NCC1(Cc2ccccc2)CCCC1. The highest BCUT2D eigenvalue weighted by Crippen LogP contribution is 2.40. The second kappa shape index (κ2) is 8.59. The number of benzene rings is 1. The number of carbonyl (C=O) groups excluding carboxylic acids is 1. The Kier molecular flexibility index (Phi) is 6.77. The highest BCUT2D eigenvalue weighted by molar-refractivity contribution is 7.98. The van der Waals surface area contributed by atoms with E-state index in [-0.39, 0.29) is 17.4 Å². The molecule has 3 N–H and O–H groups in total. The van der Waals surface area contributed by atoms with E-state index in [1.807, 2.05) is 6.26 Å². The third-order valence-electron chi connectivity index (χ3n) is 4.69. The van der Waals surface area contributed by atoms with E-state index in [2.05, 4.69) is 35.6 Å². The van der Waals surface area contributed by atoms with Gasteiger partial charge in [-0.15, -0.1) is 0 Å². The Hall–Kier alpha value is -1.00. The molecule has 0 saturated heterocycles. The van der Waals surface area contributed by atoms with Crippen LogP contribution in [0.2, 0.25) is 0 Å². The normalized spacial score (nSPS) is 18.1. The molecule has 0 spiro atoms. The maximum absolute atomic E-state index is 12.2. The Morgan fingerprint density at radius 2 is 2.00 bits per heavy atom. The second-order valence-corrected chi connectivity index (χ2v) is 7.46. The smallest absolute Gasteiger partial charge is 0.236 e. The molecule has 1 fully saturated rings. The lowest BCUT2D eigenvalue weighted by Crippen LogP contribution is -2.45. The number of carbonyl (C=O) groups is 1. The van der Waals surface area contributed by atoms with E-state index < -0.39 is 0 Å².